The number of nitrogens with zero attached hydrogens (tertiary/aromatic N) is 1. The lowest BCUT2D eigenvalue weighted by molar-refractivity contribution is 0.917. The number of benzene rings is 1. The number of aryl methyl sites for hydroxylation is 2. The minimum Gasteiger partial charge on any atom is -0.347 e. The SMILES string of the molecule is Cc1cccc(Cc2nc(=S)c(C)c(C)[nH]2)c1. The Hall–Kier alpha value is -1.48. The van der Waals surface area contributed by atoms with Gasteiger partial charge in [-0.3, -0.25) is 0 Å². The van der Waals surface area contributed by atoms with Gasteiger partial charge in [-0.15, -0.1) is 0 Å². The first-order chi connectivity index (χ1) is 8.06. The van der Waals surface area contributed by atoms with Gasteiger partial charge >= 0.3 is 0 Å². The number of rotatable bonds is 2. The van der Waals surface area contributed by atoms with Crippen molar-refractivity contribution in [3.63, 3.8) is 0 Å². The Morgan fingerprint density at radius 1 is 1.24 bits per heavy atom. The fourth-order valence-corrected chi connectivity index (χ4v) is 2.07. The molecule has 2 nitrogen and oxygen atoms in total. The first kappa shape index (κ1) is 12.0. The summed E-state index contributed by atoms with van der Waals surface area (Å²) < 4.78 is 0.698. The normalized spacial score (nSPS) is 10.5. The summed E-state index contributed by atoms with van der Waals surface area (Å²) in [6.07, 6.45) is 0.798. The second kappa shape index (κ2) is 4.80. The Morgan fingerprint density at radius 2 is 2.00 bits per heavy atom. The average molecular weight is 244 g/mol. The Bertz CT molecular complexity index is 599. The Kier molecular flexibility index (Phi) is 3.38. The monoisotopic (exact) mass is 244 g/mol. The van der Waals surface area contributed by atoms with E-state index in [0.29, 0.717) is 4.64 Å². The Morgan fingerprint density at radius 3 is 2.65 bits per heavy atom. The molecule has 0 saturated carbocycles. The Balaban J connectivity index is 2.34. The highest BCUT2D eigenvalue weighted by Gasteiger charge is 2.02. The largest absolute Gasteiger partial charge is 0.347 e. The summed E-state index contributed by atoms with van der Waals surface area (Å²) in [6.45, 7) is 6.13. The third-order valence-corrected chi connectivity index (χ3v) is 3.30. The van der Waals surface area contributed by atoms with Crippen LogP contribution in [0.1, 0.15) is 28.2 Å². The maximum absolute atomic E-state index is 5.24. The minimum absolute atomic E-state index is 0.698. The van der Waals surface area contributed by atoms with E-state index in [0.717, 1.165) is 23.5 Å². The molecule has 0 atom stereocenters. The molecule has 3 heteroatoms. The van der Waals surface area contributed by atoms with Crippen LogP contribution in [0.5, 0.6) is 0 Å². The van der Waals surface area contributed by atoms with Crippen molar-refractivity contribution in [3.8, 4) is 0 Å². The first-order valence-electron chi connectivity index (χ1n) is 5.68. The van der Waals surface area contributed by atoms with E-state index in [1.54, 1.807) is 0 Å². The maximum Gasteiger partial charge on any atom is 0.132 e. The van der Waals surface area contributed by atoms with E-state index in [-0.39, 0.29) is 0 Å². The smallest absolute Gasteiger partial charge is 0.132 e. The lowest BCUT2D eigenvalue weighted by Crippen LogP contribution is -2.01. The van der Waals surface area contributed by atoms with Gasteiger partial charge in [0.2, 0.25) is 0 Å². The van der Waals surface area contributed by atoms with E-state index < -0.39 is 0 Å². The van der Waals surface area contributed by atoms with Gasteiger partial charge in [-0.1, -0.05) is 42.0 Å². The second-order valence-electron chi connectivity index (χ2n) is 4.40. The molecule has 0 bridgehead atoms. The van der Waals surface area contributed by atoms with E-state index in [1.807, 2.05) is 13.8 Å². The molecule has 17 heavy (non-hydrogen) atoms. The molecule has 88 valence electrons. The highest BCUT2D eigenvalue weighted by atomic mass is 32.1. The molecule has 0 spiro atoms. The summed E-state index contributed by atoms with van der Waals surface area (Å²) in [4.78, 5) is 7.72. The molecular formula is C14H16N2S. The number of H-pyrrole nitrogens is 1. The quantitative estimate of drug-likeness (QED) is 0.817. The van der Waals surface area contributed by atoms with Crippen LogP contribution in [0.4, 0.5) is 0 Å². The molecule has 2 aromatic rings. The van der Waals surface area contributed by atoms with Crippen LogP contribution in [-0.2, 0) is 6.42 Å². The zero-order valence-electron chi connectivity index (χ0n) is 10.4. The van der Waals surface area contributed by atoms with Crippen molar-refractivity contribution in [3.05, 3.63) is 57.1 Å². The van der Waals surface area contributed by atoms with Gasteiger partial charge in [0.25, 0.3) is 0 Å². The van der Waals surface area contributed by atoms with Crippen LogP contribution in [0.25, 0.3) is 0 Å². The van der Waals surface area contributed by atoms with E-state index in [4.69, 9.17) is 12.2 Å². The van der Waals surface area contributed by atoms with Crippen molar-refractivity contribution >= 4 is 12.2 Å². The molecule has 1 aromatic carbocycles. The molecule has 1 heterocycles. The van der Waals surface area contributed by atoms with Gasteiger partial charge in [-0.05, 0) is 26.3 Å². The van der Waals surface area contributed by atoms with Crippen LogP contribution in [0, 0.1) is 25.4 Å². The molecule has 0 aliphatic rings. The van der Waals surface area contributed by atoms with Gasteiger partial charge in [0.15, 0.2) is 0 Å². The van der Waals surface area contributed by atoms with Crippen molar-refractivity contribution in [1.29, 1.82) is 0 Å². The van der Waals surface area contributed by atoms with Crippen LogP contribution in [0.15, 0.2) is 24.3 Å². The van der Waals surface area contributed by atoms with Crippen molar-refractivity contribution in [2.24, 2.45) is 0 Å². The van der Waals surface area contributed by atoms with Crippen molar-refractivity contribution in [1.82, 2.24) is 9.97 Å². The van der Waals surface area contributed by atoms with Crippen LogP contribution in [-0.4, -0.2) is 9.97 Å². The summed E-state index contributed by atoms with van der Waals surface area (Å²) >= 11 is 5.24. The van der Waals surface area contributed by atoms with E-state index in [9.17, 15) is 0 Å². The molecule has 0 unspecified atom stereocenters. The summed E-state index contributed by atoms with van der Waals surface area (Å²) in [5, 5.41) is 0. The molecule has 1 N–H and O–H groups in total. The molecule has 0 aliphatic carbocycles. The summed E-state index contributed by atoms with van der Waals surface area (Å²) in [6, 6.07) is 8.45. The highest BCUT2D eigenvalue weighted by Crippen LogP contribution is 2.10. The molecule has 0 fully saturated rings. The Labute approximate surface area is 107 Å². The highest BCUT2D eigenvalue weighted by molar-refractivity contribution is 7.71. The lowest BCUT2D eigenvalue weighted by atomic mass is 10.1. The number of hydrogen-bond acceptors (Lipinski definition) is 2. The van der Waals surface area contributed by atoms with Gasteiger partial charge in [-0.2, -0.15) is 0 Å². The standard InChI is InChI=1S/C14H16N2S/c1-9-5-4-6-12(7-9)8-13-15-11(3)10(2)14(17)16-13/h4-7H,8H2,1-3H3,(H,15,16,17). The summed E-state index contributed by atoms with van der Waals surface area (Å²) in [7, 11) is 0. The third-order valence-electron chi connectivity index (χ3n) is 2.91. The van der Waals surface area contributed by atoms with Gasteiger partial charge in [0, 0.05) is 17.7 Å². The van der Waals surface area contributed by atoms with Crippen molar-refractivity contribution in [2.75, 3.05) is 0 Å². The number of nitrogens with one attached hydrogen (secondary N) is 1. The number of aromatic nitrogens is 2. The zero-order valence-corrected chi connectivity index (χ0v) is 11.2. The van der Waals surface area contributed by atoms with E-state index in [2.05, 4.69) is 41.2 Å². The van der Waals surface area contributed by atoms with Crippen LogP contribution in [0.2, 0.25) is 0 Å². The van der Waals surface area contributed by atoms with Gasteiger partial charge in [0.1, 0.15) is 10.5 Å². The van der Waals surface area contributed by atoms with Gasteiger partial charge in [-0.25, -0.2) is 4.98 Å². The number of hydrogen-bond donors (Lipinski definition) is 1. The predicted molar refractivity (Wildman–Crippen MR) is 72.9 cm³/mol. The molecule has 2 rings (SSSR count). The lowest BCUT2D eigenvalue weighted by Gasteiger charge is -2.06. The van der Waals surface area contributed by atoms with Gasteiger partial charge < -0.3 is 4.98 Å². The molecular weight excluding hydrogens is 228 g/mol. The topological polar surface area (TPSA) is 28.7 Å². The second-order valence-corrected chi connectivity index (χ2v) is 4.79. The summed E-state index contributed by atoms with van der Waals surface area (Å²) in [5.41, 5.74) is 4.69. The minimum atomic E-state index is 0.698. The van der Waals surface area contributed by atoms with E-state index >= 15 is 0 Å². The fourth-order valence-electron chi connectivity index (χ4n) is 1.80. The maximum atomic E-state index is 5.24. The third kappa shape index (κ3) is 2.80. The molecule has 0 radical (unpaired) electrons. The predicted octanol–water partition coefficient (Wildman–Crippen LogP) is 3.66. The first-order valence-corrected chi connectivity index (χ1v) is 6.09. The number of aromatic amines is 1. The zero-order chi connectivity index (χ0) is 12.4. The fraction of sp³-hybridized carbons (Fsp3) is 0.286. The molecule has 1 aromatic heterocycles. The average Bonchev–Trinajstić information content (AvgIpc) is 2.26. The molecule has 0 aliphatic heterocycles. The molecule has 0 saturated heterocycles. The summed E-state index contributed by atoms with van der Waals surface area (Å²) in [5.74, 6) is 0.934. The van der Waals surface area contributed by atoms with E-state index in [1.165, 1.54) is 11.1 Å². The van der Waals surface area contributed by atoms with Crippen LogP contribution < -0.4 is 0 Å². The van der Waals surface area contributed by atoms with Gasteiger partial charge in [0.05, 0.1) is 0 Å². The van der Waals surface area contributed by atoms with Crippen LogP contribution >= 0.6 is 12.2 Å². The van der Waals surface area contributed by atoms with Crippen molar-refractivity contribution < 1.29 is 0 Å². The van der Waals surface area contributed by atoms with Crippen molar-refractivity contribution in [2.45, 2.75) is 27.2 Å². The van der Waals surface area contributed by atoms with Crippen LogP contribution in [0.3, 0.4) is 0 Å². The molecule has 0 amide bonds.